The summed E-state index contributed by atoms with van der Waals surface area (Å²) in [4.78, 5) is 28.1. The first-order valence-electron chi connectivity index (χ1n) is 11.0. The fourth-order valence-electron chi connectivity index (χ4n) is 4.36. The molecule has 0 aliphatic carbocycles. The maximum absolute atomic E-state index is 13.4. The van der Waals surface area contributed by atoms with Gasteiger partial charge < -0.3 is 21.7 Å². The molecule has 0 bridgehead atoms. The predicted octanol–water partition coefficient (Wildman–Crippen LogP) is 4.03. The Labute approximate surface area is 195 Å². The van der Waals surface area contributed by atoms with E-state index >= 15 is 0 Å². The Hall–Kier alpha value is -4.11. The number of urea groups is 1. The Kier molecular flexibility index (Phi) is 5.54. The van der Waals surface area contributed by atoms with Crippen molar-refractivity contribution in [3.63, 3.8) is 0 Å². The molecule has 2 aromatic carbocycles. The van der Waals surface area contributed by atoms with Crippen molar-refractivity contribution in [2.45, 2.75) is 25.4 Å². The van der Waals surface area contributed by atoms with Gasteiger partial charge in [-0.1, -0.05) is 12.1 Å². The van der Waals surface area contributed by atoms with Crippen LogP contribution in [-0.4, -0.2) is 38.6 Å². The van der Waals surface area contributed by atoms with Crippen LogP contribution < -0.4 is 16.8 Å². The van der Waals surface area contributed by atoms with E-state index in [4.69, 9.17) is 16.5 Å². The highest BCUT2D eigenvalue weighted by Crippen LogP contribution is 2.34. The molecular weight excluding hydrogens is 433 g/mol. The number of halogens is 1. The van der Waals surface area contributed by atoms with Crippen LogP contribution in [0.1, 0.15) is 23.6 Å². The number of nitrogen functional groups attached to an aromatic ring is 1. The van der Waals surface area contributed by atoms with Crippen LogP contribution in [0.5, 0.6) is 0 Å². The molecule has 5 N–H and O–H groups in total. The van der Waals surface area contributed by atoms with Gasteiger partial charge >= 0.3 is 6.03 Å². The molecule has 5 rings (SSSR count). The van der Waals surface area contributed by atoms with Gasteiger partial charge in [-0.25, -0.2) is 24.1 Å². The maximum atomic E-state index is 13.4. The fraction of sp³-hybridized carbons (Fsp3) is 0.200. The number of likely N-dealkylation sites (tertiary alicyclic amines) is 1. The van der Waals surface area contributed by atoms with E-state index in [0.29, 0.717) is 41.1 Å². The quantitative estimate of drug-likeness (QED) is 0.427. The average molecular weight is 458 g/mol. The molecule has 0 spiro atoms. The third kappa shape index (κ3) is 4.13. The Balaban J connectivity index is 1.46. The Morgan fingerprint density at radius 3 is 2.65 bits per heavy atom. The van der Waals surface area contributed by atoms with E-state index in [1.54, 1.807) is 17.0 Å². The number of rotatable bonds is 3. The molecule has 8 nitrogen and oxygen atoms in total. The van der Waals surface area contributed by atoms with Crippen LogP contribution in [0.2, 0.25) is 0 Å². The molecule has 0 saturated carbocycles. The third-order valence-corrected chi connectivity index (χ3v) is 6.06. The number of aromatic nitrogens is 3. The van der Waals surface area contributed by atoms with Gasteiger partial charge in [-0.2, -0.15) is 0 Å². The summed E-state index contributed by atoms with van der Waals surface area (Å²) in [6.45, 7) is 2.43. The van der Waals surface area contributed by atoms with Gasteiger partial charge in [0.1, 0.15) is 11.3 Å². The second kappa shape index (κ2) is 8.68. The fourth-order valence-corrected chi connectivity index (χ4v) is 4.36. The van der Waals surface area contributed by atoms with Crippen molar-refractivity contribution in [3.8, 4) is 11.3 Å². The molecule has 9 heteroatoms. The van der Waals surface area contributed by atoms with Crippen molar-refractivity contribution in [3.05, 3.63) is 77.7 Å². The lowest BCUT2D eigenvalue weighted by molar-refractivity contribution is 0.205. The number of hydrogen-bond donors (Lipinski definition) is 3. The van der Waals surface area contributed by atoms with E-state index in [0.717, 1.165) is 11.1 Å². The number of aryl methyl sites for hydroxylation is 1. The van der Waals surface area contributed by atoms with Gasteiger partial charge in [0.2, 0.25) is 5.95 Å². The Morgan fingerprint density at radius 2 is 1.88 bits per heavy atom. The summed E-state index contributed by atoms with van der Waals surface area (Å²) in [5.74, 6) is -0.469. The molecule has 0 radical (unpaired) electrons. The van der Waals surface area contributed by atoms with Gasteiger partial charge in [-0.3, -0.25) is 0 Å². The smallest absolute Gasteiger partial charge is 0.323 e. The van der Waals surface area contributed by atoms with Crippen molar-refractivity contribution >= 4 is 28.7 Å². The molecule has 2 aromatic heterocycles. The van der Waals surface area contributed by atoms with Crippen LogP contribution in [-0.2, 0) is 0 Å². The number of carbonyl (C=O) groups is 1. The van der Waals surface area contributed by atoms with E-state index in [-0.39, 0.29) is 23.7 Å². The molecule has 2 atom stereocenters. The van der Waals surface area contributed by atoms with Crippen LogP contribution in [0, 0.1) is 12.7 Å². The number of fused-ring (bicyclic) bond motifs is 1. The summed E-state index contributed by atoms with van der Waals surface area (Å²) < 4.78 is 13.4. The predicted molar refractivity (Wildman–Crippen MR) is 129 cm³/mol. The maximum Gasteiger partial charge on any atom is 0.323 e. The van der Waals surface area contributed by atoms with Gasteiger partial charge in [0.05, 0.1) is 23.1 Å². The van der Waals surface area contributed by atoms with Crippen LogP contribution in [0.3, 0.4) is 0 Å². The number of nitrogens with one attached hydrogen (secondary N) is 1. The van der Waals surface area contributed by atoms with Gasteiger partial charge in [-0.15, -0.1) is 0 Å². The first-order chi connectivity index (χ1) is 16.4. The van der Waals surface area contributed by atoms with Crippen LogP contribution in [0.15, 0.2) is 60.7 Å². The van der Waals surface area contributed by atoms with Crippen LogP contribution >= 0.6 is 0 Å². The highest BCUT2D eigenvalue weighted by Gasteiger charge is 2.38. The average Bonchev–Trinajstić information content (AvgIpc) is 3.20. The molecule has 2 unspecified atom stereocenters. The minimum Gasteiger partial charge on any atom is -0.368 e. The zero-order valence-corrected chi connectivity index (χ0v) is 18.6. The van der Waals surface area contributed by atoms with Gasteiger partial charge in [-0.05, 0) is 67.4 Å². The van der Waals surface area contributed by atoms with Crippen LogP contribution in [0.25, 0.3) is 22.3 Å². The van der Waals surface area contributed by atoms with Gasteiger partial charge in [0.15, 0.2) is 0 Å². The zero-order valence-electron chi connectivity index (χ0n) is 18.6. The number of amides is 2. The van der Waals surface area contributed by atoms with E-state index in [2.05, 4.69) is 15.3 Å². The van der Waals surface area contributed by atoms with Crippen molar-refractivity contribution in [2.24, 2.45) is 5.73 Å². The third-order valence-electron chi connectivity index (χ3n) is 6.06. The summed E-state index contributed by atoms with van der Waals surface area (Å²) in [6, 6.07) is 17.0. The SMILES string of the molecule is Cc1cccc(NC(=O)N2CCC(c3nc(N)nc4ccc(-c5ccc(F)cc5)nc34)C2N)c1. The highest BCUT2D eigenvalue weighted by atomic mass is 19.1. The summed E-state index contributed by atoms with van der Waals surface area (Å²) in [7, 11) is 0. The van der Waals surface area contributed by atoms with Gasteiger partial charge in [0.25, 0.3) is 0 Å². The minimum absolute atomic E-state index is 0.119. The first kappa shape index (κ1) is 21.7. The molecule has 1 saturated heterocycles. The first-order valence-corrected chi connectivity index (χ1v) is 11.0. The number of nitrogens with two attached hydrogens (primary N) is 2. The number of benzene rings is 2. The summed E-state index contributed by atoms with van der Waals surface area (Å²) >= 11 is 0. The number of carbonyl (C=O) groups excluding carboxylic acids is 1. The largest absolute Gasteiger partial charge is 0.368 e. The minimum atomic E-state index is -0.612. The lowest BCUT2D eigenvalue weighted by atomic mass is 9.99. The molecular formula is C25H24FN7O. The monoisotopic (exact) mass is 457 g/mol. The Bertz CT molecular complexity index is 1380. The van der Waals surface area contributed by atoms with Crippen molar-refractivity contribution in [2.75, 3.05) is 17.6 Å². The molecule has 4 aromatic rings. The lowest BCUT2D eigenvalue weighted by Crippen LogP contribution is -2.45. The standard InChI is InChI=1S/C25H24FN7O/c1-14-3-2-4-17(13-14)29-25(34)33-12-11-18(23(33)27)21-22-20(31-24(28)32-21)10-9-19(30-22)15-5-7-16(26)8-6-15/h2-10,13,18,23H,11-12,27H2,1H3,(H,29,34)(H2,28,31,32). The molecule has 172 valence electrons. The second-order valence-electron chi connectivity index (χ2n) is 8.42. The topological polar surface area (TPSA) is 123 Å². The highest BCUT2D eigenvalue weighted by molar-refractivity contribution is 5.90. The number of nitrogens with zero attached hydrogens (tertiary/aromatic N) is 4. The van der Waals surface area contributed by atoms with Crippen molar-refractivity contribution in [1.82, 2.24) is 19.9 Å². The number of anilines is 2. The van der Waals surface area contributed by atoms with Gasteiger partial charge in [0, 0.05) is 23.7 Å². The summed E-state index contributed by atoms with van der Waals surface area (Å²) in [5.41, 5.74) is 17.5. The summed E-state index contributed by atoms with van der Waals surface area (Å²) in [6.07, 6.45) is -0.00487. The lowest BCUT2D eigenvalue weighted by Gasteiger charge is -2.25. The molecule has 3 heterocycles. The van der Waals surface area contributed by atoms with E-state index in [1.807, 2.05) is 43.3 Å². The van der Waals surface area contributed by atoms with Crippen LogP contribution in [0.4, 0.5) is 20.8 Å². The van der Waals surface area contributed by atoms with E-state index < -0.39 is 6.17 Å². The van der Waals surface area contributed by atoms with Crippen molar-refractivity contribution in [1.29, 1.82) is 0 Å². The molecule has 34 heavy (non-hydrogen) atoms. The molecule has 1 fully saturated rings. The Morgan fingerprint density at radius 1 is 1.09 bits per heavy atom. The normalized spacial score (nSPS) is 17.8. The zero-order chi connectivity index (χ0) is 23.8. The summed E-state index contributed by atoms with van der Waals surface area (Å²) in [5, 5.41) is 2.91. The molecule has 1 aliphatic heterocycles. The second-order valence-corrected chi connectivity index (χ2v) is 8.42. The molecule has 2 amide bonds. The van der Waals surface area contributed by atoms with E-state index in [9.17, 15) is 9.18 Å². The van der Waals surface area contributed by atoms with E-state index in [1.165, 1.54) is 12.1 Å². The number of hydrogen-bond acceptors (Lipinski definition) is 6. The number of pyridine rings is 1. The van der Waals surface area contributed by atoms with Crippen molar-refractivity contribution < 1.29 is 9.18 Å². The molecule has 1 aliphatic rings.